The van der Waals surface area contributed by atoms with Crippen LogP contribution in [0.25, 0.3) is 0 Å². The van der Waals surface area contributed by atoms with Crippen molar-refractivity contribution < 1.29 is 14.0 Å². The van der Waals surface area contributed by atoms with E-state index in [2.05, 4.69) is 16.0 Å². The highest BCUT2D eigenvalue weighted by molar-refractivity contribution is 5.96. The molecule has 0 saturated carbocycles. The van der Waals surface area contributed by atoms with Crippen LogP contribution in [0.3, 0.4) is 0 Å². The predicted molar refractivity (Wildman–Crippen MR) is 74.1 cm³/mol. The lowest BCUT2D eigenvalue weighted by Gasteiger charge is -2.12. The second-order valence-corrected chi connectivity index (χ2v) is 4.88. The lowest BCUT2D eigenvalue weighted by atomic mass is 10.1. The molecule has 1 heterocycles. The molecule has 0 bridgehead atoms. The van der Waals surface area contributed by atoms with E-state index in [1.165, 1.54) is 25.1 Å². The lowest BCUT2D eigenvalue weighted by Crippen LogP contribution is -2.37. The monoisotopic (exact) mass is 279 g/mol. The van der Waals surface area contributed by atoms with Crippen LogP contribution in [0.2, 0.25) is 0 Å². The second-order valence-electron chi connectivity index (χ2n) is 4.88. The molecule has 1 aliphatic heterocycles. The largest absolute Gasteiger partial charge is 0.350 e. The number of halogens is 1. The van der Waals surface area contributed by atoms with Gasteiger partial charge in [-0.05, 0) is 37.6 Å². The van der Waals surface area contributed by atoms with Crippen molar-refractivity contribution in [2.24, 2.45) is 0 Å². The number of carbonyl (C=O) groups is 2. The Kier molecular flexibility index (Phi) is 4.68. The molecule has 1 unspecified atom stereocenters. The van der Waals surface area contributed by atoms with Crippen LogP contribution in [0.1, 0.15) is 30.1 Å². The van der Waals surface area contributed by atoms with Gasteiger partial charge in [-0.3, -0.25) is 9.59 Å². The first-order valence-corrected chi connectivity index (χ1v) is 6.65. The van der Waals surface area contributed by atoms with Gasteiger partial charge in [0.15, 0.2) is 0 Å². The molecular formula is C14H18FN3O2. The predicted octanol–water partition coefficient (Wildman–Crippen LogP) is 1.27. The highest BCUT2D eigenvalue weighted by atomic mass is 19.1. The quantitative estimate of drug-likeness (QED) is 0.777. The van der Waals surface area contributed by atoms with Gasteiger partial charge in [0, 0.05) is 25.1 Å². The minimum absolute atomic E-state index is 0.0177. The van der Waals surface area contributed by atoms with Crippen molar-refractivity contribution in [3.8, 4) is 0 Å². The van der Waals surface area contributed by atoms with E-state index in [1.807, 2.05) is 0 Å². The number of amides is 2. The van der Waals surface area contributed by atoms with Crippen molar-refractivity contribution in [1.29, 1.82) is 0 Å². The molecule has 0 radical (unpaired) electrons. The Hall–Kier alpha value is -1.95. The molecule has 0 spiro atoms. The molecule has 1 aromatic rings. The molecule has 0 aromatic heterocycles. The maximum Gasteiger partial charge on any atom is 0.251 e. The maximum absolute atomic E-state index is 13.5. The minimum atomic E-state index is -0.561. The minimum Gasteiger partial charge on any atom is -0.350 e. The number of hydrogen-bond acceptors (Lipinski definition) is 3. The van der Waals surface area contributed by atoms with E-state index < -0.39 is 5.82 Å². The Balaban J connectivity index is 1.99. The second kappa shape index (κ2) is 6.47. The number of nitrogens with one attached hydrogen (secondary N) is 3. The van der Waals surface area contributed by atoms with E-state index in [4.69, 9.17) is 0 Å². The summed E-state index contributed by atoms with van der Waals surface area (Å²) in [6.07, 6.45) is 2.16. The standard InChI is InChI=1S/C14H18FN3O2/c1-9(19)18-13-7-10(4-5-12(13)15)14(20)17-8-11-3-2-6-16-11/h4-5,7,11,16H,2-3,6,8H2,1H3,(H,17,20)(H,18,19). The molecule has 1 fully saturated rings. The van der Waals surface area contributed by atoms with Crippen molar-refractivity contribution in [1.82, 2.24) is 10.6 Å². The van der Waals surface area contributed by atoms with Crippen molar-refractivity contribution in [2.75, 3.05) is 18.4 Å². The number of hydrogen-bond donors (Lipinski definition) is 3. The van der Waals surface area contributed by atoms with Gasteiger partial charge in [-0.2, -0.15) is 0 Å². The Morgan fingerprint density at radius 3 is 2.90 bits per heavy atom. The zero-order valence-corrected chi connectivity index (χ0v) is 11.3. The van der Waals surface area contributed by atoms with Gasteiger partial charge in [0.05, 0.1) is 5.69 Å². The molecule has 108 valence electrons. The number of benzene rings is 1. The summed E-state index contributed by atoms with van der Waals surface area (Å²) in [5, 5.41) is 8.44. The summed E-state index contributed by atoms with van der Waals surface area (Å²) in [7, 11) is 0. The van der Waals surface area contributed by atoms with Crippen LogP contribution in [0, 0.1) is 5.82 Å². The van der Waals surface area contributed by atoms with Gasteiger partial charge in [-0.1, -0.05) is 0 Å². The van der Waals surface area contributed by atoms with Crippen LogP contribution in [0.15, 0.2) is 18.2 Å². The topological polar surface area (TPSA) is 70.2 Å². The fourth-order valence-electron chi connectivity index (χ4n) is 2.20. The molecule has 1 aromatic carbocycles. The molecule has 6 heteroatoms. The van der Waals surface area contributed by atoms with Gasteiger partial charge in [-0.25, -0.2) is 4.39 Å². The van der Waals surface area contributed by atoms with Crippen molar-refractivity contribution >= 4 is 17.5 Å². The molecule has 2 rings (SSSR count). The molecule has 0 aliphatic carbocycles. The third-order valence-electron chi connectivity index (χ3n) is 3.21. The van der Waals surface area contributed by atoms with Crippen LogP contribution in [0.5, 0.6) is 0 Å². The zero-order chi connectivity index (χ0) is 14.5. The van der Waals surface area contributed by atoms with E-state index in [1.54, 1.807) is 0 Å². The smallest absolute Gasteiger partial charge is 0.251 e. The fraction of sp³-hybridized carbons (Fsp3) is 0.429. The van der Waals surface area contributed by atoms with E-state index in [-0.39, 0.29) is 17.5 Å². The Labute approximate surface area is 116 Å². The first kappa shape index (κ1) is 14.5. The van der Waals surface area contributed by atoms with Crippen molar-refractivity contribution in [2.45, 2.75) is 25.8 Å². The van der Waals surface area contributed by atoms with E-state index >= 15 is 0 Å². The van der Waals surface area contributed by atoms with E-state index in [9.17, 15) is 14.0 Å². The van der Waals surface area contributed by atoms with Gasteiger partial charge < -0.3 is 16.0 Å². The molecule has 1 atom stereocenters. The normalized spacial score (nSPS) is 17.8. The molecule has 1 saturated heterocycles. The maximum atomic E-state index is 13.5. The molecule has 3 N–H and O–H groups in total. The van der Waals surface area contributed by atoms with Gasteiger partial charge in [0.2, 0.25) is 5.91 Å². The van der Waals surface area contributed by atoms with Crippen LogP contribution >= 0.6 is 0 Å². The molecule has 2 amide bonds. The zero-order valence-electron chi connectivity index (χ0n) is 11.3. The average molecular weight is 279 g/mol. The molecule has 1 aliphatic rings. The van der Waals surface area contributed by atoms with Crippen LogP contribution < -0.4 is 16.0 Å². The summed E-state index contributed by atoms with van der Waals surface area (Å²) < 4.78 is 13.5. The average Bonchev–Trinajstić information content (AvgIpc) is 2.91. The Bertz CT molecular complexity index is 513. The molecule has 5 nitrogen and oxygen atoms in total. The SMILES string of the molecule is CC(=O)Nc1cc(C(=O)NCC2CCCN2)ccc1F. The summed E-state index contributed by atoms with van der Waals surface area (Å²) in [5.41, 5.74) is 0.345. The van der Waals surface area contributed by atoms with E-state index in [0.717, 1.165) is 19.4 Å². The Morgan fingerprint density at radius 1 is 1.45 bits per heavy atom. The summed E-state index contributed by atoms with van der Waals surface area (Å²) in [6.45, 7) is 2.81. The molecular weight excluding hydrogens is 261 g/mol. The van der Waals surface area contributed by atoms with Gasteiger partial charge in [0.25, 0.3) is 5.91 Å². The van der Waals surface area contributed by atoms with Gasteiger partial charge >= 0.3 is 0 Å². The number of anilines is 1. The third kappa shape index (κ3) is 3.77. The fourth-order valence-corrected chi connectivity index (χ4v) is 2.20. The Morgan fingerprint density at radius 2 is 2.25 bits per heavy atom. The van der Waals surface area contributed by atoms with E-state index in [0.29, 0.717) is 18.2 Å². The summed E-state index contributed by atoms with van der Waals surface area (Å²) in [6, 6.07) is 4.22. The summed E-state index contributed by atoms with van der Waals surface area (Å²) in [5.74, 6) is -1.21. The molecule has 20 heavy (non-hydrogen) atoms. The van der Waals surface area contributed by atoms with Crippen LogP contribution in [-0.4, -0.2) is 30.9 Å². The van der Waals surface area contributed by atoms with Crippen molar-refractivity contribution in [3.63, 3.8) is 0 Å². The number of carbonyl (C=O) groups excluding carboxylic acids is 2. The summed E-state index contributed by atoms with van der Waals surface area (Å²) in [4.78, 5) is 22.9. The first-order valence-electron chi connectivity index (χ1n) is 6.65. The van der Waals surface area contributed by atoms with Crippen LogP contribution in [-0.2, 0) is 4.79 Å². The van der Waals surface area contributed by atoms with Gasteiger partial charge in [0.1, 0.15) is 5.82 Å². The van der Waals surface area contributed by atoms with Crippen LogP contribution in [0.4, 0.5) is 10.1 Å². The number of rotatable bonds is 4. The highest BCUT2D eigenvalue weighted by Gasteiger charge is 2.16. The first-order chi connectivity index (χ1) is 9.56. The third-order valence-corrected chi connectivity index (χ3v) is 3.21. The summed E-state index contributed by atoms with van der Waals surface area (Å²) >= 11 is 0. The van der Waals surface area contributed by atoms with Gasteiger partial charge in [-0.15, -0.1) is 0 Å². The lowest BCUT2D eigenvalue weighted by molar-refractivity contribution is -0.114. The highest BCUT2D eigenvalue weighted by Crippen LogP contribution is 2.16. The van der Waals surface area contributed by atoms with Crippen molar-refractivity contribution in [3.05, 3.63) is 29.6 Å².